The van der Waals surface area contributed by atoms with Crippen LogP contribution in [0, 0.1) is 16.7 Å². The largest absolute Gasteiger partial charge is 0.481 e. The van der Waals surface area contributed by atoms with Gasteiger partial charge in [-0.25, -0.2) is 4.79 Å². The number of nitriles is 1. The van der Waals surface area contributed by atoms with Crippen molar-refractivity contribution in [3.63, 3.8) is 0 Å². The van der Waals surface area contributed by atoms with Crippen molar-refractivity contribution >= 4 is 18.0 Å². The average molecular weight is 462 g/mol. The molecule has 0 heterocycles. The van der Waals surface area contributed by atoms with Gasteiger partial charge in [0.15, 0.2) is 0 Å². The van der Waals surface area contributed by atoms with Crippen molar-refractivity contribution < 1.29 is 24.2 Å². The molecule has 34 heavy (non-hydrogen) atoms. The van der Waals surface area contributed by atoms with E-state index in [2.05, 4.69) is 16.7 Å². The zero-order chi connectivity index (χ0) is 24.1. The van der Waals surface area contributed by atoms with Crippen LogP contribution in [0.3, 0.4) is 0 Å². The fourth-order valence-electron chi connectivity index (χ4n) is 4.48. The highest BCUT2D eigenvalue weighted by atomic mass is 16.5. The summed E-state index contributed by atoms with van der Waals surface area (Å²) in [4.78, 5) is 36.3. The first kappa shape index (κ1) is 23.3. The number of carbonyl (C=O) groups is 3. The van der Waals surface area contributed by atoms with Crippen molar-refractivity contribution in [1.82, 2.24) is 10.6 Å². The summed E-state index contributed by atoms with van der Waals surface area (Å²) in [5.74, 6) is -1.65. The van der Waals surface area contributed by atoms with E-state index in [0.29, 0.717) is 13.0 Å². The quantitative estimate of drug-likeness (QED) is 0.496. The summed E-state index contributed by atoms with van der Waals surface area (Å²) in [6, 6.07) is 17.0. The number of aliphatic carboxylic acids is 1. The number of hydrogen-bond acceptors (Lipinski definition) is 5. The molecule has 0 bridgehead atoms. The van der Waals surface area contributed by atoms with Gasteiger partial charge >= 0.3 is 12.1 Å². The number of amides is 2. The minimum absolute atomic E-state index is 0.0589. The van der Waals surface area contributed by atoms with Crippen molar-refractivity contribution in [3.05, 3.63) is 59.7 Å². The minimum Gasteiger partial charge on any atom is -0.481 e. The Kier molecular flexibility index (Phi) is 6.82. The normalized spacial score (nSPS) is 15.9. The second-order valence-electron chi connectivity index (χ2n) is 9.01. The summed E-state index contributed by atoms with van der Waals surface area (Å²) in [5.41, 5.74) is 4.16. The lowest BCUT2D eigenvalue weighted by atomic mass is 9.98. The molecule has 8 nitrogen and oxygen atoms in total. The van der Waals surface area contributed by atoms with Crippen molar-refractivity contribution in [2.75, 3.05) is 13.2 Å². The molecule has 1 fully saturated rings. The fraction of sp³-hybridized carbons (Fsp3) is 0.385. The third-order valence-electron chi connectivity index (χ3n) is 6.65. The molecule has 1 unspecified atom stereocenters. The maximum absolute atomic E-state index is 12.7. The molecule has 0 radical (unpaired) electrons. The molecule has 1 saturated carbocycles. The summed E-state index contributed by atoms with van der Waals surface area (Å²) in [6.07, 6.45) is 0.973. The lowest BCUT2D eigenvalue weighted by Gasteiger charge is -2.20. The first-order valence-electron chi connectivity index (χ1n) is 11.4. The van der Waals surface area contributed by atoms with Crippen LogP contribution in [-0.4, -0.2) is 42.3 Å². The molecular weight excluding hydrogens is 434 g/mol. The van der Waals surface area contributed by atoms with Crippen LogP contribution in [0.4, 0.5) is 4.79 Å². The molecule has 1 atom stereocenters. The summed E-state index contributed by atoms with van der Waals surface area (Å²) in [6.45, 7) is 0.424. The topological polar surface area (TPSA) is 129 Å². The molecule has 4 rings (SSSR count). The van der Waals surface area contributed by atoms with E-state index in [1.807, 2.05) is 48.5 Å². The van der Waals surface area contributed by atoms with Crippen molar-refractivity contribution in [3.8, 4) is 17.2 Å². The Balaban J connectivity index is 1.37. The minimum atomic E-state index is -1.06. The molecule has 176 valence electrons. The number of rotatable bonds is 10. The van der Waals surface area contributed by atoms with Crippen molar-refractivity contribution in [2.45, 2.75) is 44.1 Å². The molecule has 8 heteroatoms. The highest BCUT2D eigenvalue weighted by Gasteiger charge is 2.43. The number of alkyl carbamates (subject to hydrolysis) is 1. The average Bonchev–Trinajstić information content (AvgIpc) is 3.53. The van der Waals surface area contributed by atoms with Gasteiger partial charge in [0.2, 0.25) is 5.91 Å². The Bertz CT molecular complexity index is 1090. The Morgan fingerprint density at radius 3 is 2.26 bits per heavy atom. The van der Waals surface area contributed by atoms with Crippen LogP contribution in [0.2, 0.25) is 0 Å². The van der Waals surface area contributed by atoms with Crippen LogP contribution < -0.4 is 10.6 Å². The van der Waals surface area contributed by atoms with Gasteiger partial charge in [0, 0.05) is 30.7 Å². The van der Waals surface area contributed by atoms with Crippen molar-refractivity contribution in [1.29, 1.82) is 5.26 Å². The van der Waals surface area contributed by atoms with Gasteiger partial charge in [-0.15, -0.1) is 0 Å². The van der Waals surface area contributed by atoms with Gasteiger partial charge in [-0.05, 0) is 41.5 Å². The van der Waals surface area contributed by atoms with E-state index >= 15 is 0 Å². The number of ether oxygens (including phenoxy) is 1. The molecule has 3 N–H and O–H groups in total. The maximum Gasteiger partial charge on any atom is 0.407 e. The Morgan fingerprint density at radius 1 is 1.09 bits per heavy atom. The molecule has 2 aliphatic carbocycles. The first-order valence-corrected chi connectivity index (χ1v) is 11.4. The maximum atomic E-state index is 12.7. The highest BCUT2D eigenvalue weighted by molar-refractivity contribution is 5.86. The lowest BCUT2D eigenvalue weighted by molar-refractivity contribution is -0.137. The van der Waals surface area contributed by atoms with E-state index in [1.54, 1.807) is 0 Å². The Morgan fingerprint density at radius 2 is 1.71 bits per heavy atom. The monoisotopic (exact) mass is 461 g/mol. The summed E-state index contributed by atoms with van der Waals surface area (Å²) in [5, 5.41) is 23.3. The number of benzene rings is 2. The predicted molar refractivity (Wildman–Crippen MR) is 124 cm³/mol. The second kappa shape index (κ2) is 9.96. The van der Waals surface area contributed by atoms with Crippen LogP contribution in [0.5, 0.6) is 0 Å². The number of nitrogens with zero attached hydrogens (tertiary/aromatic N) is 1. The predicted octanol–water partition coefficient (Wildman–Crippen LogP) is 3.57. The highest BCUT2D eigenvalue weighted by Crippen LogP contribution is 2.48. The number of fused-ring (bicyclic) bond motifs is 3. The molecule has 0 spiro atoms. The van der Waals surface area contributed by atoms with E-state index in [0.717, 1.165) is 35.1 Å². The third kappa shape index (κ3) is 5.20. The van der Waals surface area contributed by atoms with E-state index < -0.39 is 24.0 Å². The van der Waals surface area contributed by atoms with E-state index in [9.17, 15) is 14.4 Å². The zero-order valence-electron chi connectivity index (χ0n) is 18.8. The molecular formula is C26H27N3O5. The Hall–Kier alpha value is -3.86. The summed E-state index contributed by atoms with van der Waals surface area (Å²) in [7, 11) is 0. The van der Waals surface area contributed by atoms with Crippen LogP contribution in [0.15, 0.2) is 48.5 Å². The van der Waals surface area contributed by atoms with Crippen LogP contribution in [0.1, 0.15) is 49.1 Å². The SMILES string of the molecule is N#CCC1(CNC(=O)C(CCC(=O)O)NC(=O)OCC2c3ccccc3-c3ccccc32)CC1. The van der Waals surface area contributed by atoms with Gasteiger partial charge in [0.05, 0.1) is 6.07 Å². The molecule has 0 aliphatic heterocycles. The Labute approximate surface area is 197 Å². The molecule has 2 amide bonds. The zero-order valence-corrected chi connectivity index (χ0v) is 18.8. The molecule has 2 aliphatic rings. The second-order valence-corrected chi connectivity index (χ2v) is 9.01. The summed E-state index contributed by atoms with van der Waals surface area (Å²) >= 11 is 0. The number of carbonyl (C=O) groups excluding carboxylic acids is 2. The first-order chi connectivity index (χ1) is 16.4. The van der Waals surface area contributed by atoms with Crippen LogP contribution >= 0.6 is 0 Å². The lowest BCUT2D eigenvalue weighted by Crippen LogP contribution is -2.48. The van der Waals surface area contributed by atoms with E-state index in [4.69, 9.17) is 15.1 Å². The summed E-state index contributed by atoms with van der Waals surface area (Å²) < 4.78 is 5.50. The van der Waals surface area contributed by atoms with Gasteiger partial charge in [0.25, 0.3) is 0 Å². The van der Waals surface area contributed by atoms with Crippen LogP contribution in [0.25, 0.3) is 11.1 Å². The molecule has 2 aromatic rings. The van der Waals surface area contributed by atoms with E-state index in [-0.39, 0.29) is 30.8 Å². The number of nitrogens with one attached hydrogen (secondary N) is 2. The van der Waals surface area contributed by atoms with Crippen LogP contribution in [-0.2, 0) is 14.3 Å². The van der Waals surface area contributed by atoms with E-state index in [1.165, 1.54) is 0 Å². The number of carboxylic acids is 1. The van der Waals surface area contributed by atoms with Gasteiger partial charge < -0.3 is 20.5 Å². The molecule has 0 saturated heterocycles. The fourth-order valence-corrected chi connectivity index (χ4v) is 4.48. The smallest absolute Gasteiger partial charge is 0.407 e. The van der Waals surface area contributed by atoms with Gasteiger partial charge in [-0.1, -0.05) is 48.5 Å². The van der Waals surface area contributed by atoms with Gasteiger partial charge in [-0.3, -0.25) is 9.59 Å². The standard InChI is InChI=1S/C26H27N3O5/c27-14-13-26(11-12-26)16-28-24(32)22(9-10-23(30)31)29-25(33)34-15-21-19-7-3-1-5-17(19)18-6-2-4-8-20(18)21/h1-8,21-22H,9-13,15-16H2,(H,28,32)(H,29,33)(H,30,31). The third-order valence-corrected chi connectivity index (χ3v) is 6.65. The molecule has 2 aromatic carbocycles. The van der Waals surface area contributed by atoms with Crippen molar-refractivity contribution in [2.24, 2.45) is 5.41 Å². The number of carboxylic acid groups (broad SMARTS) is 1. The number of hydrogen-bond donors (Lipinski definition) is 3. The molecule has 0 aromatic heterocycles. The van der Waals surface area contributed by atoms with Gasteiger partial charge in [0.1, 0.15) is 12.6 Å². The van der Waals surface area contributed by atoms with Gasteiger partial charge in [-0.2, -0.15) is 5.26 Å².